The number of anilines is 1. The number of hydrogen-bond donors (Lipinski definition) is 3. The number of quaternary nitrogens is 3. The van der Waals surface area contributed by atoms with Crippen LogP contribution < -0.4 is 36.5 Å². The molecule has 0 fully saturated rings. The van der Waals surface area contributed by atoms with E-state index in [4.69, 9.17) is 27.9 Å². The Morgan fingerprint density at radius 3 is 0.860 bits per heavy atom. The second-order valence-electron chi connectivity index (χ2n) is 27.2. The monoisotopic (exact) mass is 1420 g/mol. The normalized spacial score (nSPS) is 17.1. The summed E-state index contributed by atoms with van der Waals surface area (Å²) in [6.45, 7) is 24.3. The van der Waals surface area contributed by atoms with E-state index < -0.39 is 30.7 Å². The second kappa shape index (κ2) is 35.2. The Morgan fingerprint density at radius 2 is 0.600 bits per heavy atom. The van der Waals surface area contributed by atoms with Crippen LogP contribution in [0.25, 0.3) is 22.3 Å². The van der Waals surface area contributed by atoms with Crippen LogP contribution in [0.5, 0.6) is 0 Å². The molecule has 0 amide bonds. The van der Waals surface area contributed by atoms with Gasteiger partial charge >= 0.3 is 53.6 Å². The van der Waals surface area contributed by atoms with Gasteiger partial charge in [-0.05, 0) is 157 Å². The number of fused-ring (bicyclic) bond motifs is 4. The third kappa shape index (κ3) is 18.7. The van der Waals surface area contributed by atoms with Crippen molar-refractivity contribution in [3.8, 4) is 0 Å². The first-order chi connectivity index (χ1) is 48.2. The predicted molar refractivity (Wildman–Crippen MR) is 406 cm³/mol. The van der Waals surface area contributed by atoms with E-state index in [1.807, 2.05) is 97.1 Å². The average molecular weight is 1420 g/mol. The number of benzene rings is 4. The van der Waals surface area contributed by atoms with Crippen LogP contribution in [0.3, 0.4) is 0 Å². The zero-order valence-electron chi connectivity index (χ0n) is 60.7. The second-order valence-corrected chi connectivity index (χ2v) is 31.7. The van der Waals surface area contributed by atoms with Crippen molar-refractivity contribution < 1.29 is 52.4 Å². The van der Waals surface area contributed by atoms with Gasteiger partial charge in [0.05, 0.1) is 62.3 Å². The minimum atomic E-state index is -4.27. The molecule has 4 aromatic carbocycles. The molecule has 6 aromatic rings. The Balaban J connectivity index is 1.29. The van der Waals surface area contributed by atoms with Crippen molar-refractivity contribution in [2.24, 2.45) is 0 Å². The van der Waals surface area contributed by atoms with E-state index >= 15 is 0 Å². The van der Waals surface area contributed by atoms with Gasteiger partial charge in [0, 0.05) is 42.1 Å². The Hall–Kier alpha value is -7.13. The van der Waals surface area contributed by atoms with Gasteiger partial charge in [-0.3, -0.25) is 0 Å². The highest BCUT2D eigenvalue weighted by Gasteiger charge is 2.48. The molecule has 0 saturated carbocycles. The van der Waals surface area contributed by atoms with Crippen LogP contribution in [0, 0.1) is 0 Å². The largest absolute Gasteiger partial charge is 0.482 e. The first-order valence-electron chi connectivity index (χ1n) is 37.0. The summed E-state index contributed by atoms with van der Waals surface area (Å²) in [4.78, 5) is 7.68. The lowest BCUT2D eigenvalue weighted by atomic mass is 9.99. The molecule has 1 radical (unpaired) electrons. The van der Waals surface area contributed by atoms with Crippen molar-refractivity contribution in [3.63, 3.8) is 0 Å². The number of aromatic amines is 2. The van der Waals surface area contributed by atoms with E-state index in [-0.39, 0.29) is 28.6 Å². The van der Waals surface area contributed by atoms with Crippen molar-refractivity contribution in [3.05, 3.63) is 189 Å². The van der Waals surface area contributed by atoms with E-state index in [9.17, 15) is 25.6 Å². The minimum absolute atomic E-state index is 0.0362. The van der Waals surface area contributed by atoms with Crippen molar-refractivity contribution in [2.45, 2.75) is 193 Å². The Labute approximate surface area is 596 Å². The molecule has 1 atom stereocenters. The molecule has 9 rings (SSSR count). The van der Waals surface area contributed by atoms with Gasteiger partial charge in [-0.2, -0.15) is 26.1 Å². The third-order valence-electron chi connectivity index (χ3n) is 19.3. The highest BCUT2D eigenvalue weighted by atomic mass is 32.3. The van der Waals surface area contributed by atoms with Crippen molar-refractivity contribution in [1.82, 2.24) is 19.3 Å². The summed E-state index contributed by atoms with van der Waals surface area (Å²) >= 11 is 0. The van der Waals surface area contributed by atoms with E-state index in [1.54, 1.807) is 48.5 Å². The Kier molecular flexibility index (Phi) is 27.1. The number of rotatable bonds is 40. The van der Waals surface area contributed by atoms with Crippen LogP contribution in [0.15, 0.2) is 160 Å². The SMILES string of the molecule is CCCC[N+](CCCC)(CCCC)OS(=O)(=O)c1ccc(/C2=c3\cc/c([nH]3)=C(\c3ccc(N)cc3)C3=[N+]=C(C=C3)/C(c3ccc(S(=O)(=O)O[N+](CCCC)(CCCC)CCCC)cc3)=c3/cc/c([nH]3)=C(\c3ccc([S+]([O])(=O)O[N+](CCCC)(CCCC)CCCC)cc3)C3=[N+]=C2C=C3)cc1. The van der Waals surface area contributed by atoms with Gasteiger partial charge in [0.15, 0.2) is 0 Å². The number of nitrogens with zero attached hydrogens (tertiary/aromatic N) is 5. The van der Waals surface area contributed by atoms with E-state index in [0.29, 0.717) is 137 Å². The highest BCUT2D eigenvalue weighted by Crippen LogP contribution is 2.32. The van der Waals surface area contributed by atoms with Crippen LogP contribution in [0.4, 0.5) is 5.69 Å². The molecule has 1 unspecified atom stereocenters. The van der Waals surface area contributed by atoms with Gasteiger partial charge in [-0.15, -0.1) is 4.65 Å². The maximum Gasteiger partial charge on any atom is 0.482 e. The van der Waals surface area contributed by atoms with Crippen LogP contribution in [0.2, 0.25) is 0 Å². The molecule has 17 nitrogen and oxygen atoms in total. The van der Waals surface area contributed by atoms with Gasteiger partial charge in [0.2, 0.25) is 4.90 Å². The molecule has 100 heavy (non-hydrogen) atoms. The summed E-state index contributed by atoms with van der Waals surface area (Å²) in [5, 5.41) is 2.70. The first kappa shape index (κ1) is 77.0. The zero-order valence-corrected chi connectivity index (χ0v) is 63.1. The molecule has 535 valence electrons. The van der Waals surface area contributed by atoms with E-state index in [0.717, 1.165) is 132 Å². The van der Waals surface area contributed by atoms with E-state index in [1.165, 1.54) is 0 Å². The number of allylic oxidation sites excluding steroid dienone is 4. The van der Waals surface area contributed by atoms with Crippen molar-refractivity contribution >= 4 is 81.6 Å². The van der Waals surface area contributed by atoms with Gasteiger partial charge < -0.3 is 15.7 Å². The summed E-state index contributed by atoms with van der Waals surface area (Å²) in [6, 6.07) is 36.1. The van der Waals surface area contributed by atoms with Crippen molar-refractivity contribution in [1.29, 1.82) is 0 Å². The molecule has 3 aliphatic rings. The molecule has 20 heteroatoms. The maximum absolute atomic E-state index is 14.7. The first-order valence-corrected chi connectivity index (χ1v) is 41.2. The molecular weight excluding hydrogens is 1310 g/mol. The highest BCUT2D eigenvalue weighted by molar-refractivity contribution is 7.92. The fraction of sp³-hybridized carbons (Fsp3) is 0.450. The average Bonchev–Trinajstić information content (AvgIpc) is 1.58. The molecule has 0 saturated heterocycles. The van der Waals surface area contributed by atoms with E-state index in [2.05, 4.69) is 72.3 Å². The minimum Gasteiger partial charge on any atom is -0.399 e. The van der Waals surface area contributed by atoms with Crippen LogP contribution in [-0.2, 0) is 52.3 Å². The fourth-order valence-corrected chi connectivity index (χ4v) is 17.1. The van der Waals surface area contributed by atoms with Gasteiger partial charge in [-0.25, -0.2) is 0 Å². The number of hydrogen-bond acceptors (Lipinski definition) is 9. The molecule has 4 N–H and O–H groups in total. The lowest BCUT2D eigenvalue weighted by Crippen LogP contribution is -2.52. The van der Waals surface area contributed by atoms with Crippen LogP contribution >= 0.6 is 0 Å². The summed E-state index contributed by atoms with van der Waals surface area (Å²) in [5.74, 6) is 0. The van der Waals surface area contributed by atoms with Gasteiger partial charge in [0.1, 0.15) is 58.9 Å². The summed E-state index contributed by atoms with van der Waals surface area (Å²) < 4.78 is 118. The molecule has 0 aliphatic carbocycles. The topological polar surface area (TPSA) is 219 Å². The summed E-state index contributed by atoms with van der Waals surface area (Å²) in [5.41, 5.74) is 14.9. The molecule has 0 spiro atoms. The van der Waals surface area contributed by atoms with Crippen molar-refractivity contribution in [2.75, 3.05) is 64.6 Å². The van der Waals surface area contributed by atoms with Crippen LogP contribution in [-0.4, -0.2) is 122 Å². The Bertz CT molecular complexity index is 4490. The standard InChI is InChI=1S/C80H107N8O9S3/c1-10-19-52-86(53-20-11-2,54-21-12-3)95-98(89,90)66-38-30-62(31-39-66)78-71-46-44-69(82-71)77(61-28-36-65(81)37-29-61)70-45-47-72(83-70)79(63-32-40-67(41-33-63)99(91,92)96-87(55-22-13-4,56-23-14-5)57-24-15-6)74-49-51-76(85-74)80(75-50-48-73(78)84-75)64-34-42-68(43-35-64)100(93,94)97-88(58-25-16-7,59-26-17-8)60-27-18-9/h28-51H,10-27,52-60H2,1-9H3,(H2,81,82,83,84,85)/q+4/p+2/b77-69-,77-70?,78-71-,78-73?,79-72?,79-74-,80-75?,80-76-. The lowest BCUT2D eigenvalue weighted by molar-refractivity contribution is -1.08. The molecule has 3 aliphatic heterocycles. The number of H-pyrrole nitrogens is 2. The number of aromatic nitrogens is 2. The zero-order chi connectivity index (χ0) is 71.6. The molecule has 2 aromatic heterocycles. The maximum atomic E-state index is 14.7. The quantitative estimate of drug-likeness (QED) is 0.0109. The summed E-state index contributed by atoms with van der Waals surface area (Å²) in [7, 11) is -12.8. The Morgan fingerprint density at radius 1 is 0.360 bits per heavy atom. The summed E-state index contributed by atoms with van der Waals surface area (Å²) in [6.07, 6.45) is 23.4. The van der Waals surface area contributed by atoms with Crippen LogP contribution in [0.1, 0.15) is 200 Å². The lowest BCUT2D eigenvalue weighted by Gasteiger charge is -2.34. The molecule has 8 bridgehead atoms. The smallest absolute Gasteiger partial charge is 0.399 e. The molecular formula is C80H109N8O9S3+6. The number of unbranched alkanes of at least 4 members (excludes halogenated alkanes) is 9. The third-order valence-corrected chi connectivity index (χ3v) is 23.4. The fourth-order valence-electron chi connectivity index (χ4n) is 13.5. The number of hydroxylamine groups is 9. The number of nitrogens with one attached hydrogen (secondary N) is 2. The molecule has 5 heterocycles. The van der Waals surface area contributed by atoms with Gasteiger partial charge in [0.25, 0.3) is 0 Å². The number of nitrogen functional groups attached to an aromatic ring is 1. The number of nitrogens with two attached hydrogens (primary N) is 1. The predicted octanol–water partition coefficient (Wildman–Crippen LogP) is 12.4. The van der Waals surface area contributed by atoms with Gasteiger partial charge in [-0.1, -0.05) is 174 Å².